The molecular weight excluding hydrogens is 487 g/mol. The molecule has 1 aromatic carbocycles. The van der Waals surface area contributed by atoms with E-state index in [2.05, 4.69) is 30.4 Å². The monoisotopic (exact) mass is 501 g/mol. The lowest BCUT2D eigenvalue weighted by molar-refractivity contribution is -0.274. The van der Waals surface area contributed by atoms with E-state index >= 15 is 0 Å². The zero-order chi connectivity index (χ0) is 24.4. The van der Waals surface area contributed by atoms with E-state index in [1.54, 1.807) is 7.05 Å². The van der Waals surface area contributed by atoms with Crippen molar-refractivity contribution in [2.24, 2.45) is 0 Å². The zero-order valence-corrected chi connectivity index (χ0v) is 18.5. The summed E-state index contributed by atoms with van der Waals surface area (Å²) in [4.78, 5) is 20.6. The maximum absolute atomic E-state index is 12.6. The fraction of sp³-hybridized carbons (Fsp3) is 0.235. The number of rotatable bonds is 7. The summed E-state index contributed by atoms with van der Waals surface area (Å²) in [6.07, 6.45) is -2.96. The van der Waals surface area contributed by atoms with Crippen LogP contribution in [0.4, 0.5) is 19.1 Å². The summed E-state index contributed by atoms with van der Waals surface area (Å²) in [7, 11) is -2.38. The van der Waals surface area contributed by atoms with Crippen LogP contribution in [-0.4, -0.2) is 53.7 Å². The van der Waals surface area contributed by atoms with Gasteiger partial charge >= 0.3 is 6.36 Å². The minimum Gasteiger partial charge on any atom is -0.406 e. The number of aromatic nitrogens is 4. The van der Waals surface area contributed by atoms with E-state index < -0.39 is 32.8 Å². The molecule has 0 atom stereocenters. The van der Waals surface area contributed by atoms with Gasteiger partial charge in [0.15, 0.2) is 15.7 Å². The molecule has 0 bridgehead atoms. The minimum absolute atomic E-state index is 0.188. The van der Waals surface area contributed by atoms with Crippen LogP contribution in [0.25, 0.3) is 5.13 Å². The summed E-state index contributed by atoms with van der Waals surface area (Å²) < 4.78 is 66.6. The number of alkyl halides is 3. The molecule has 0 spiro atoms. The van der Waals surface area contributed by atoms with Crippen molar-refractivity contribution < 1.29 is 31.1 Å². The SMILES string of the molecule is CNc1nc(CNC(=O)c2cc(OC(F)(F)F)cc(S(C)(=O)=O)c2)n(-c2ncc(C#N)s2)n1. The van der Waals surface area contributed by atoms with Gasteiger partial charge in [-0.05, 0) is 18.2 Å². The van der Waals surface area contributed by atoms with Crippen molar-refractivity contribution in [3.05, 3.63) is 40.7 Å². The van der Waals surface area contributed by atoms with E-state index in [0.717, 1.165) is 29.7 Å². The highest BCUT2D eigenvalue weighted by molar-refractivity contribution is 7.90. The van der Waals surface area contributed by atoms with Crippen molar-refractivity contribution in [1.29, 1.82) is 5.26 Å². The van der Waals surface area contributed by atoms with Gasteiger partial charge in [-0.3, -0.25) is 4.79 Å². The second-order valence-corrected chi connectivity index (χ2v) is 9.35. The number of benzene rings is 1. The molecule has 2 heterocycles. The largest absolute Gasteiger partial charge is 0.573 e. The standard InChI is InChI=1S/C17H14F3N7O4S2/c1-22-15-25-13(27(26-15)16-24-7-11(6-21)32-16)8-23-14(28)9-3-10(31-17(18,19)20)5-12(4-9)33(2,29)30/h3-5,7H,8H2,1-2H3,(H,22,26)(H,23,28). The van der Waals surface area contributed by atoms with Crippen LogP contribution >= 0.6 is 11.3 Å². The Morgan fingerprint density at radius 1 is 1.33 bits per heavy atom. The van der Waals surface area contributed by atoms with E-state index in [-0.39, 0.29) is 23.9 Å². The number of anilines is 1. The van der Waals surface area contributed by atoms with E-state index in [4.69, 9.17) is 5.26 Å². The van der Waals surface area contributed by atoms with Crippen LogP contribution in [0.2, 0.25) is 0 Å². The molecule has 2 N–H and O–H groups in total. The number of hydrogen-bond acceptors (Lipinski definition) is 10. The average Bonchev–Trinajstić information content (AvgIpc) is 3.36. The van der Waals surface area contributed by atoms with E-state index in [1.165, 1.54) is 10.9 Å². The first-order chi connectivity index (χ1) is 15.4. The number of hydrogen-bond donors (Lipinski definition) is 2. The number of halogens is 3. The zero-order valence-electron chi connectivity index (χ0n) is 16.8. The minimum atomic E-state index is -5.08. The molecule has 0 saturated carbocycles. The van der Waals surface area contributed by atoms with Gasteiger partial charge < -0.3 is 15.4 Å². The number of nitrogens with one attached hydrogen (secondary N) is 2. The first kappa shape index (κ1) is 23.9. The van der Waals surface area contributed by atoms with Crippen LogP contribution in [-0.2, 0) is 16.4 Å². The Balaban J connectivity index is 1.89. The van der Waals surface area contributed by atoms with Crippen LogP contribution in [0.5, 0.6) is 5.75 Å². The van der Waals surface area contributed by atoms with Gasteiger partial charge in [-0.25, -0.2) is 13.4 Å². The Morgan fingerprint density at radius 3 is 2.64 bits per heavy atom. The summed E-state index contributed by atoms with van der Waals surface area (Å²) >= 11 is 1.02. The molecule has 3 aromatic rings. The molecule has 0 aliphatic heterocycles. The number of thiazole rings is 1. The number of nitrogens with zero attached hydrogens (tertiary/aromatic N) is 5. The van der Waals surface area contributed by atoms with Gasteiger partial charge in [-0.15, -0.1) is 18.3 Å². The fourth-order valence-electron chi connectivity index (χ4n) is 2.50. The van der Waals surface area contributed by atoms with Gasteiger partial charge in [0, 0.05) is 18.9 Å². The van der Waals surface area contributed by atoms with Crippen molar-refractivity contribution in [3.8, 4) is 17.0 Å². The van der Waals surface area contributed by atoms with Crippen molar-refractivity contribution in [1.82, 2.24) is 25.1 Å². The Morgan fingerprint density at radius 2 is 2.06 bits per heavy atom. The van der Waals surface area contributed by atoms with Crippen molar-refractivity contribution in [3.63, 3.8) is 0 Å². The third-order valence-corrected chi connectivity index (χ3v) is 5.86. The maximum atomic E-state index is 12.6. The van der Waals surface area contributed by atoms with Crippen LogP contribution < -0.4 is 15.4 Å². The van der Waals surface area contributed by atoms with Crippen LogP contribution in [0.3, 0.4) is 0 Å². The number of amides is 1. The molecule has 0 unspecified atom stereocenters. The number of carbonyl (C=O) groups is 1. The van der Waals surface area contributed by atoms with Crippen LogP contribution in [0.15, 0.2) is 29.3 Å². The Bertz CT molecular complexity index is 1340. The number of carbonyl (C=O) groups excluding carboxylic acids is 1. The predicted molar refractivity (Wildman–Crippen MR) is 109 cm³/mol. The molecular formula is C17H14F3N7O4S2. The number of sulfone groups is 1. The number of nitriles is 1. The second-order valence-electron chi connectivity index (χ2n) is 6.33. The molecule has 1 amide bonds. The fourth-order valence-corrected chi connectivity index (χ4v) is 3.86. The molecule has 16 heteroatoms. The third kappa shape index (κ3) is 5.96. The lowest BCUT2D eigenvalue weighted by Gasteiger charge is -2.12. The average molecular weight is 501 g/mol. The molecule has 0 aliphatic carbocycles. The molecule has 0 aliphatic rings. The normalized spacial score (nSPS) is 11.6. The highest BCUT2D eigenvalue weighted by Crippen LogP contribution is 2.27. The molecule has 2 aromatic heterocycles. The van der Waals surface area contributed by atoms with Crippen molar-refractivity contribution in [2.75, 3.05) is 18.6 Å². The summed E-state index contributed by atoms with van der Waals surface area (Å²) in [6, 6.07) is 4.30. The summed E-state index contributed by atoms with van der Waals surface area (Å²) in [5.74, 6) is -1.36. The molecule has 11 nitrogen and oxygen atoms in total. The Hall–Kier alpha value is -3.71. The van der Waals surface area contributed by atoms with Gasteiger partial charge in [0.1, 0.15) is 16.7 Å². The molecule has 0 saturated heterocycles. The van der Waals surface area contributed by atoms with Crippen molar-refractivity contribution in [2.45, 2.75) is 17.8 Å². The highest BCUT2D eigenvalue weighted by Gasteiger charge is 2.32. The molecule has 0 radical (unpaired) electrons. The van der Waals surface area contributed by atoms with Gasteiger partial charge in [0.05, 0.1) is 17.6 Å². The van der Waals surface area contributed by atoms with Crippen molar-refractivity contribution >= 4 is 33.0 Å². The predicted octanol–water partition coefficient (Wildman–Crippen LogP) is 1.87. The smallest absolute Gasteiger partial charge is 0.406 e. The summed E-state index contributed by atoms with van der Waals surface area (Å²) in [5, 5.41) is 18.6. The molecule has 174 valence electrons. The topological polar surface area (TPSA) is 152 Å². The number of ether oxygens (including phenoxy) is 1. The first-order valence-electron chi connectivity index (χ1n) is 8.78. The van der Waals surface area contributed by atoms with Crippen LogP contribution in [0.1, 0.15) is 21.1 Å². The molecule has 0 fully saturated rings. The Labute approximate surface area is 188 Å². The van der Waals surface area contributed by atoms with Crippen LogP contribution in [0, 0.1) is 11.3 Å². The van der Waals surface area contributed by atoms with Gasteiger partial charge in [-0.2, -0.15) is 14.9 Å². The summed E-state index contributed by atoms with van der Waals surface area (Å²) in [6.45, 7) is -0.243. The first-order valence-corrected chi connectivity index (χ1v) is 11.5. The van der Waals surface area contributed by atoms with Gasteiger partial charge in [-0.1, -0.05) is 11.3 Å². The Kier molecular flexibility index (Phi) is 6.56. The highest BCUT2D eigenvalue weighted by atomic mass is 32.2. The van der Waals surface area contributed by atoms with E-state index in [0.29, 0.717) is 16.1 Å². The lowest BCUT2D eigenvalue weighted by Crippen LogP contribution is -2.25. The third-order valence-electron chi connectivity index (χ3n) is 3.89. The maximum Gasteiger partial charge on any atom is 0.573 e. The molecule has 3 rings (SSSR count). The quantitative estimate of drug-likeness (QED) is 0.494. The summed E-state index contributed by atoms with van der Waals surface area (Å²) in [5.41, 5.74) is -0.377. The van der Waals surface area contributed by atoms with E-state index in [9.17, 15) is 26.4 Å². The molecule has 33 heavy (non-hydrogen) atoms. The van der Waals surface area contributed by atoms with E-state index in [1.807, 2.05) is 6.07 Å². The lowest BCUT2D eigenvalue weighted by atomic mass is 10.2. The second kappa shape index (κ2) is 9.03. The van der Waals surface area contributed by atoms with Gasteiger partial charge in [0.2, 0.25) is 11.1 Å². The van der Waals surface area contributed by atoms with Gasteiger partial charge in [0.25, 0.3) is 5.91 Å².